The van der Waals surface area contributed by atoms with Gasteiger partial charge in [0, 0.05) is 11.3 Å². The number of carbonyl (C=O) groups is 1. The summed E-state index contributed by atoms with van der Waals surface area (Å²) in [5.41, 5.74) is 1.97. The zero-order chi connectivity index (χ0) is 23.3. The van der Waals surface area contributed by atoms with E-state index in [0.29, 0.717) is 22.1 Å². The van der Waals surface area contributed by atoms with Crippen LogP contribution in [0.5, 0.6) is 0 Å². The molecule has 32 heavy (non-hydrogen) atoms. The Bertz CT molecular complexity index is 1270. The molecule has 3 N–H and O–H groups in total. The number of anilines is 2. The second-order valence-corrected chi connectivity index (χ2v) is 9.66. The number of nitriles is 1. The number of nitrogens with two attached hydrogens (primary N) is 1. The third kappa shape index (κ3) is 5.70. The zero-order valence-electron chi connectivity index (χ0n) is 17.4. The molecule has 0 unspecified atom stereocenters. The molecule has 0 saturated heterocycles. The normalized spacial score (nSPS) is 11.2. The van der Waals surface area contributed by atoms with Crippen molar-refractivity contribution in [3.05, 3.63) is 71.4 Å². The minimum Gasteiger partial charge on any atom is -0.339 e. The van der Waals surface area contributed by atoms with Crippen molar-refractivity contribution in [2.24, 2.45) is 5.14 Å². The molecule has 3 rings (SSSR count). The molecule has 0 bridgehead atoms. The van der Waals surface area contributed by atoms with Crippen LogP contribution < -0.4 is 10.5 Å². The highest BCUT2D eigenvalue weighted by Gasteiger charge is 2.19. The van der Waals surface area contributed by atoms with E-state index in [1.165, 1.54) is 36.0 Å². The summed E-state index contributed by atoms with van der Waals surface area (Å²) in [6.45, 7) is 3.83. The third-order valence-electron chi connectivity index (χ3n) is 4.45. The molecular formula is C22H21N5O3S2. The first-order valence-electron chi connectivity index (χ1n) is 9.62. The molecule has 8 nitrogen and oxygen atoms in total. The van der Waals surface area contributed by atoms with E-state index in [1.54, 1.807) is 24.3 Å². The van der Waals surface area contributed by atoms with Crippen LogP contribution in [-0.4, -0.2) is 29.9 Å². The second kappa shape index (κ2) is 9.91. The van der Waals surface area contributed by atoms with E-state index in [9.17, 15) is 18.5 Å². The molecule has 2 aromatic carbocycles. The summed E-state index contributed by atoms with van der Waals surface area (Å²) in [5, 5.41) is 18.3. The number of rotatable bonds is 8. The largest absolute Gasteiger partial charge is 0.339 e. The number of hydrogen-bond donors (Lipinski definition) is 2. The molecule has 0 aliphatic heterocycles. The molecule has 0 radical (unpaired) electrons. The van der Waals surface area contributed by atoms with E-state index in [2.05, 4.69) is 21.4 Å². The van der Waals surface area contributed by atoms with Crippen molar-refractivity contribution in [2.75, 3.05) is 11.1 Å². The summed E-state index contributed by atoms with van der Waals surface area (Å²) in [7, 11) is -3.81. The van der Waals surface area contributed by atoms with Crippen molar-refractivity contribution in [1.29, 1.82) is 5.26 Å². The van der Waals surface area contributed by atoms with Gasteiger partial charge in [-0.3, -0.25) is 4.79 Å². The topological polar surface area (TPSA) is 139 Å². The summed E-state index contributed by atoms with van der Waals surface area (Å²) in [6.07, 6.45) is 0. The zero-order valence-corrected chi connectivity index (χ0v) is 19.1. The van der Waals surface area contributed by atoms with Gasteiger partial charge in [-0.2, -0.15) is 5.26 Å². The average molecular weight is 468 g/mol. The van der Waals surface area contributed by atoms with Gasteiger partial charge in [-0.25, -0.2) is 23.5 Å². The molecule has 0 aliphatic rings. The first kappa shape index (κ1) is 23.4. The van der Waals surface area contributed by atoms with Crippen LogP contribution in [0.15, 0.2) is 64.6 Å². The Hall–Kier alpha value is -3.26. The fourth-order valence-corrected chi connectivity index (χ4v) is 4.10. The van der Waals surface area contributed by atoms with Crippen molar-refractivity contribution < 1.29 is 13.2 Å². The molecule has 0 fully saturated rings. The Kier molecular flexibility index (Phi) is 7.25. The Morgan fingerprint density at radius 1 is 1.12 bits per heavy atom. The number of thioether (sulfide) groups is 1. The number of Topliss-reactive ketones (excluding diaryl/α,β-unsaturated/α-hetero) is 1. The number of carbonyl (C=O) groups excluding carboxylic acids is 1. The third-order valence-corrected chi connectivity index (χ3v) is 6.23. The van der Waals surface area contributed by atoms with Crippen LogP contribution in [0.4, 0.5) is 11.5 Å². The van der Waals surface area contributed by atoms with Crippen LogP contribution in [0.1, 0.15) is 41.4 Å². The monoisotopic (exact) mass is 467 g/mol. The number of primary sulfonamides is 1. The van der Waals surface area contributed by atoms with Crippen molar-refractivity contribution >= 4 is 39.1 Å². The fraction of sp³-hybridized carbons (Fsp3) is 0.182. The lowest BCUT2D eigenvalue weighted by molar-refractivity contribution is 0.102. The molecule has 0 amide bonds. The number of nitrogens with one attached hydrogen (secondary N) is 1. The average Bonchev–Trinajstić information content (AvgIpc) is 2.77. The molecule has 0 spiro atoms. The summed E-state index contributed by atoms with van der Waals surface area (Å²) >= 11 is 1.19. The van der Waals surface area contributed by atoms with E-state index >= 15 is 0 Å². The van der Waals surface area contributed by atoms with E-state index in [1.807, 2.05) is 19.9 Å². The highest BCUT2D eigenvalue weighted by Crippen LogP contribution is 2.29. The van der Waals surface area contributed by atoms with Gasteiger partial charge >= 0.3 is 0 Å². The number of sulfonamides is 1. The van der Waals surface area contributed by atoms with Crippen LogP contribution in [0.3, 0.4) is 0 Å². The molecule has 3 aromatic rings. The maximum absolute atomic E-state index is 12.4. The minimum absolute atomic E-state index is 0.0233. The SMILES string of the molecule is CC(C)c1nc(SCC(=O)c2ccccc2)nc(Nc2ccc(S(N)(=O)=O)cc2)c1C#N. The van der Waals surface area contributed by atoms with E-state index in [4.69, 9.17) is 5.14 Å². The lowest BCUT2D eigenvalue weighted by Gasteiger charge is -2.14. The van der Waals surface area contributed by atoms with E-state index in [0.717, 1.165) is 0 Å². The highest BCUT2D eigenvalue weighted by molar-refractivity contribution is 7.99. The number of nitrogens with zero attached hydrogens (tertiary/aromatic N) is 3. The van der Waals surface area contributed by atoms with Gasteiger partial charge in [0.25, 0.3) is 0 Å². The van der Waals surface area contributed by atoms with Crippen LogP contribution in [0.2, 0.25) is 0 Å². The molecule has 1 aromatic heterocycles. The lowest BCUT2D eigenvalue weighted by atomic mass is 10.1. The quantitative estimate of drug-likeness (QED) is 0.289. The van der Waals surface area contributed by atoms with Crippen LogP contribution >= 0.6 is 11.8 Å². The first-order valence-corrected chi connectivity index (χ1v) is 12.1. The molecule has 0 aliphatic carbocycles. The van der Waals surface area contributed by atoms with Gasteiger partial charge in [-0.1, -0.05) is 55.9 Å². The van der Waals surface area contributed by atoms with Gasteiger partial charge in [0.15, 0.2) is 16.8 Å². The van der Waals surface area contributed by atoms with Crippen LogP contribution in [0.25, 0.3) is 0 Å². The molecule has 0 atom stereocenters. The summed E-state index contributed by atoms with van der Waals surface area (Å²) in [6, 6.07) is 16.9. The smallest absolute Gasteiger partial charge is 0.238 e. The maximum Gasteiger partial charge on any atom is 0.238 e. The predicted molar refractivity (Wildman–Crippen MR) is 123 cm³/mol. The molecule has 1 heterocycles. The Morgan fingerprint density at radius 3 is 2.34 bits per heavy atom. The summed E-state index contributed by atoms with van der Waals surface area (Å²) < 4.78 is 22.9. The van der Waals surface area contributed by atoms with Gasteiger partial charge in [0.1, 0.15) is 11.6 Å². The highest BCUT2D eigenvalue weighted by atomic mass is 32.2. The second-order valence-electron chi connectivity index (χ2n) is 7.15. The van der Waals surface area contributed by atoms with Gasteiger partial charge in [0.2, 0.25) is 10.0 Å². The molecular weight excluding hydrogens is 446 g/mol. The Morgan fingerprint density at radius 2 is 1.78 bits per heavy atom. The van der Waals surface area contributed by atoms with Crippen molar-refractivity contribution in [1.82, 2.24) is 9.97 Å². The van der Waals surface area contributed by atoms with Gasteiger partial charge in [-0.15, -0.1) is 0 Å². The molecule has 10 heteroatoms. The van der Waals surface area contributed by atoms with Gasteiger partial charge in [-0.05, 0) is 30.2 Å². The fourth-order valence-electron chi connectivity index (χ4n) is 2.84. The Labute approximate surface area is 191 Å². The van der Waals surface area contributed by atoms with Gasteiger partial charge in [0.05, 0.1) is 16.3 Å². The van der Waals surface area contributed by atoms with Gasteiger partial charge < -0.3 is 5.32 Å². The van der Waals surface area contributed by atoms with Crippen molar-refractivity contribution in [2.45, 2.75) is 29.8 Å². The number of hydrogen-bond acceptors (Lipinski definition) is 8. The molecule has 0 saturated carbocycles. The summed E-state index contributed by atoms with van der Waals surface area (Å²) in [4.78, 5) is 21.4. The van der Waals surface area contributed by atoms with Crippen LogP contribution in [-0.2, 0) is 10.0 Å². The maximum atomic E-state index is 12.4. The Balaban J connectivity index is 1.90. The first-order chi connectivity index (χ1) is 15.2. The molecule has 164 valence electrons. The standard InChI is InChI=1S/C22H21N5O3S2/c1-14(2)20-18(12-23)21(25-16-8-10-17(11-9-16)32(24,29)30)27-22(26-20)31-13-19(28)15-6-4-3-5-7-15/h3-11,14H,13H2,1-2H3,(H2,24,29,30)(H,25,26,27). The predicted octanol–water partition coefficient (Wildman–Crippen LogP) is 3.84. The van der Waals surface area contributed by atoms with Crippen LogP contribution in [0, 0.1) is 11.3 Å². The lowest BCUT2D eigenvalue weighted by Crippen LogP contribution is -2.12. The number of ketones is 1. The van der Waals surface area contributed by atoms with E-state index in [-0.39, 0.29) is 33.7 Å². The van der Waals surface area contributed by atoms with Crippen molar-refractivity contribution in [3.8, 4) is 6.07 Å². The van der Waals surface area contributed by atoms with E-state index < -0.39 is 10.0 Å². The minimum atomic E-state index is -3.81. The summed E-state index contributed by atoms with van der Waals surface area (Å²) in [5.74, 6) is 0.324. The number of benzene rings is 2. The van der Waals surface area contributed by atoms with Crippen molar-refractivity contribution in [3.63, 3.8) is 0 Å². The number of aromatic nitrogens is 2.